The number of hydrogen-bond donors (Lipinski definition) is 1. The molecular formula is C12H13N5O3. The Labute approximate surface area is 113 Å². The van der Waals surface area contributed by atoms with E-state index in [-0.39, 0.29) is 28.2 Å². The van der Waals surface area contributed by atoms with E-state index in [4.69, 9.17) is 0 Å². The van der Waals surface area contributed by atoms with E-state index in [1.165, 1.54) is 16.8 Å². The first-order chi connectivity index (χ1) is 9.68. The van der Waals surface area contributed by atoms with Crippen molar-refractivity contribution in [3.05, 3.63) is 38.7 Å². The average molecular weight is 275 g/mol. The molecule has 0 spiro atoms. The van der Waals surface area contributed by atoms with Crippen molar-refractivity contribution >= 4 is 16.6 Å². The minimum atomic E-state index is -0.553. The van der Waals surface area contributed by atoms with Crippen LogP contribution in [0.3, 0.4) is 0 Å². The number of fused-ring (bicyclic) bond motifs is 1. The molecule has 0 saturated carbocycles. The number of hydrogen-bond acceptors (Lipinski definition) is 6. The zero-order valence-corrected chi connectivity index (χ0v) is 10.7. The molecule has 2 aromatic rings. The summed E-state index contributed by atoms with van der Waals surface area (Å²) in [6, 6.07) is 4.31. The van der Waals surface area contributed by atoms with Gasteiger partial charge in [0.25, 0.3) is 11.2 Å². The normalized spacial score (nSPS) is 19.1. The number of nitro groups is 1. The van der Waals surface area contributed by atoms with Gasteiger partial charge < -0.3 is 5.32 Å². The minimum absolute atomic E-state index is 0.0440. The van der Waals surface area contributed by atoms with E-state index in [0.717, 1.165) is 19.4 Å². The molecule has 1 N–H and O–H groups in total. The molecule has 1 aromatic heterocycles. The maximum absolute atomic E-state index is 12.4. The van der Waals surface area contributed by atoms with Crippen LogP contribution in [-0.2, 0) is 0 Å². The molecule has 2 heterocycles. The molecule has 0 amide bonds. The highest BCUT2D eigenvalue weighted by Crippen LogP contribution is 2.21. The van der Waals surface area contributed by atoms with E-state index in [2.05, 4.69) is 15.6 Å². The van der Waals surface area contributed by atoms with Gasteiger partial charge in [-0.1, -0.05) is 11.3 Å². The summed E-state index contributed by atoms with van der Waals surface area (Å²) in [5.41, 5.74) is -0.476. The molecule has 20 heavy (non-hydrogen) atoms. The summed E-state index contributed by atoms with van der Waals surface area (Å²) in [5.74, 6) is 0. The average Bonchev–Trinajstić information content (AvgIpc) is 2.48. The Morgan fingerprint density at radius 2 is 2.30 bits per heavy atom. The van der Waals surface area contributed by atoms with Crippen molar-refractivity contribution in [2.24, 2.45) is 0 Å². The number of non-ortho nitro benzene ring substituents is 1. The monoisotopic (exact) mass is 275 g/mol. The molecule has 1 aromatic carbocycles. The number of aromatic nitrogens is 3. The van der Waals surface area contributed by atoms with Gasteiger partial charge in [-0.05, 0) is 25.5 Å². The quantitative estimate of drug-likeness (QED) is 0.636. The third-order valence-corrected chi connectivity index (χ3v) is 3.51. The molecule has 8 heteroatoms. The third kappa shape index (κ3) is 2.03. The second-order valence-corrected chi connectivity index (χ2v) is 4.77. The lowest BCUT2D eigenvalue weighted by molar-refractivity contribution is -0.383. The van der Waals surface area contributed by atoms with Crippen LogP contribution in [0, 0.1) is 10.1 Å². The molecular weight excluding hydrogens is 262 g/mol. The zero-order valence-electron chi connectivity index (χ0n) is 10.7. The SMILES string of the molecule is O=c1c2cccc([N+](=O)[O-])c2nnn1C1CCCNC1. The van der Waals surface area contributed by atoms with Crippen LogP contribution in [0.25, 0.3) is 10.9 Å². The topological polar surface area (TPSA) is 103 Å². The van der Waals surface area contributed by atoms with Crippen molar-refractivity contribution in [2.45, 2.75) is 18.9 Å². The summed E-state index contributed by atoms with van der Waals surface area (Å²) in [4.78, 5) is 22.8. The molecule has 3 rings (SSSR count). The lowest BCUT2D eigenvalue weighted by Gasteiger charge is -2.23. The van der Waals surface area contributed by atoms with Crippen LogP contribution in [0.4, 0.5) is 5.69 Å². The highest BCUT2D eigenvalue weighted by Gasteiger charge is 2.21. The number of rotatable bonds is 2. The zero-order chi connectivity index (χ0) is 14.1. The number of nitrogens with one attached hydrogen (secondary N) is 1. The van der Waals surface area contributed by atoms with Crippen LogP contribution in [0.1, 0.15) is 18.9 Å². The smallest absolute Gasteiger partial charge is 0.297 e. The first kappa shape index (κ1) is 12.7. The lowest BCUT2D eigenvalue weighted by atomic mass is 10.1. The molecule has 8 nitrogen and oxygen atoms in total. The third-order valence-electron chi connectivity index (χ3n) is 3.51. The summed E-state index contributed by atoms with van der Waals surface area (Å²) < 4.78 is 1.33. The summed E-state index contributed by atoms with van der Waals surface area (Å²) in [5, 5.41) is 22.1. The van der Waals surface area contributed by atoms with E-state index in [9.17, 15) is 14.9 Å². The van der Waals surface area contributed by atoms with E-state index in [1.807, 2.05) is 0 Å². The van der Waals surface area contributed by atoms with E-state index >= 15 is 0 Å². The van der Waals surface area contributed by atoms with Gasteiger partial charge in [-0.3, -0.25) is 14.9 Å². The van der Waals surface area contributed by atoms with E-state index < -0.39 is 4.92 Å². The fraction of sp³-hybridized carbons (Fsp3) is 0.417. The Balaban J connectivity index is 2.16. The van der Waals surface area contributed by atoms with Gasteiger partial charge in [-0.25, -0.2) is 4.68 Å². The second kappa shape index (κ2) is 4.97. The molecule has 1 saturated heterocycles. The molecule has 1 aliphatic heterocycles. The Kier molecular flexibility index (Phi) is 3.15. The number of nitro benzene ring substituents is 1. The molecule has 1 aliphatic rings. The van der Waals surface area contributed by atoms with Crippen LogP contribution in [0.5, 0.6) is 0 Å². The standard InChI is InChI=1S/C12H13N5O3/c18-12-9-4-1-5-10(17(19)20)11(9)14-15-16(12)8-3-2-6-13-7-8/h1,4-5,8,13H,2-3,6-7H2. The Hall–Kier alpha value is -2.35. The maximum Gasteiger partial charge on any atom is 0.297 e. The fourth-order valence-electron chi connectivity index (χ4n) is 2.49. The Morgan fingerprint density at radius 3 is 3.00 bits per heavy atom. The number of benzene rings is 1. The summed E-state index contributed by atoms with van der Waals surface area (Å²) in [6.45, 7) is 1.59. The van der Waals surface area contributed by atoms with Crippen LogP contribution < -0.4 is 10.9 Å². The van der Waals surface area contributed by atoms with Crippen LogP contribution in [0.2, 0.25) is 0 Å². The van der Waals surface area contributed by atoms with Crippen molar-refractivity contribution in [1.82, 2.24) is 20.3 Å². The summed E-state index contributed by atoms with van der Waals surface area (Å²) >= 11 is 0. The van der Waals surface area contributed by atoms with E-state index in [1.54, 1.807) is 6.07 Å². The summed E-state index contributed by atoms with van der Waals surface area (Å²) in [6.07, 6.45) is 1.81. The van der Waals surface area contributed by atoms with Gasteiger partial charge in [-0.15, -0.1) is 5.10 Å². The lowest BCUT2D eigenvalue weighted by Crippen LogP contribution is -2.38. The highest BCUT2D eigenvalue weighted by molar-refractivity contribution is 5.85. The van der Waals surface area contributed by atoms with Gasteiger partial charge >= 0.3 is 0 Å². The molecule has 0 radical (unpaired) electrons. The molecule has 1 atom stereocenters. The first-order valence-corrected chi connectivity index (χ1v) is 6.42. The maximum atomic E-state index is 12.4. The molecule has 0 bridgehead atoms. The highest BCUT2D eigenvalue weighted by atomic mass is 16.6. The van der Waals surface area contributed by atoms with Gasteiger partial charge in [0.05, 0.1) is 16.4 Å². The number of piperidine rings is 1. The largest absolute Gasteiger partial charge is 0.315 e. The van der Waals surface area contributed by atoms with Crippen LogP contribution in [-0.4, -0.2) is 33.0 Å². The van der Waals surface area contributed by atoms with Crippen molar-refractivity contribution in [2.75, 3.05) is 13.1 Å². The predicted octanol–water partition coefficient (Wildman–Crippen LogP) is 0.624. The predicted molar refractivity (Wildman–Crippen MR) is 71.6 cm³/mol. The fourth-order valence-corrected chi connectivity index (χ4v) is 2.49. The Bertz CT molecular complexity index is 721. The first-order valence-electron chi connectivity index (χ1n) is 6.42. The Morgan fingerprint density at radius 1 is 1.45 bits per heavy atom. The van der Waals surface area contributed by atoms with Crippen LogP contribution >= 0.6 is 0 Å². The van der Waals surface area contributed by atoms with Gasteiger partial charge in [0.15, 0.2) is 5.52 Å². The van der Waals surface area contributed by atoms with Gasteiger partial charge in [-0.2, -0.15) is 0 Å². The minimum Gasteiger partial charge on any atom is -0.315 e. The second-order valence-electron chi connectivity index (χ2n) is 4.77. The molecule has 0 aliphatic carbocycles. The number of nitrogens with zero attached hydrogens (tertiary/aromatic N) is 4. The molecule has 1 fully saturated rings. The summed E-state index contributed by atoms with van der Waals surface area (Å²) in [7, 11) is 0. The van der Waals surface area contributed by atoms with E-state index in [0.29, 0.717) is 6.54 Å². The van der Waals surface area contributed by atoms with Crippen LogP contribution in [0.15, 0.2) is 23.0 Å². The van der Waals surface area contributed by atoms with Crippen molar-refractivity contribution < 1.29 is 4.92 Å². The van der Waals surface area contributed by atoms with Gasteiger partial charge in [0.1, 0.15) is 0 Å². The van der Waals surface area contributed by atoms with Gasteiger partial charge in [0, 0.05) is 12.6 Å². The molecule has 1 unspecified atom stereocenters. The molecule has 104 valence electrons. The van der Waals surface area contributed by atoms with Crippen molar-refractivity contribution in [1.29, 1.82) is 0 Å². The van der Waals surface area contributed by atoms with Gasteiger partial charge in [0.2, 0.25) is 0 Å². The van der Waals surface area contributed by atoms with Crippen molar-refractivity contribution in [3.63, 3.8) is 0 Å². The van der Waals surface area contributed by atoms with Crippen molar-refractivity contribution in [3.8, 4) is 0 Å².